The summed E-state index contributed by atoms with van der Waals surface area (Å²) in [5.41, 5.74) is 0.00856. The minimum atomic E-state index is -1.14. The summed E-state index contributed by atoms with van der Waals surface area (Å²) >= 11 is 1.13. The lowest BCUT2D eigenvalue weighted by Gasteiger charge is -1.96. The highest BCUT2D eigenvalue weighted by Crippen LogP contribution is 2.16. The summed E-state index contributed by atoms with van der Waals surface area (Å²) in [6.45, 7) is 3.20. The van der Waals surface area contributed by atoms with Gasteiger partial charge < -0.3 is 9.84 Å². The molecule has 0 radical (unpaired) electrons. The molecule has 0 spiro atoms. The van der Waals surface area contributed by atoms with Gasteiger partial charge in [-0.05, 0) is 0 Å². The molecule has 0 aliphatic carbocycles. The van der Waals surface area contributed by atoms with Crippen LogP contribution in [0.4, 0.5) is 0 Å². The van der Waals surface area contributed by atoms with Crippen LogP contribution in [0.2, 0.25) is 0 Å². The number of aromatic carboxylic acids is 1. The van der Waals surface area contributed by atoms with E-state index in [9.17, 15) is 9.59 Å². The van der Waals surface area contributed by atoms with E-state index in [1.165, 1.54) is 10.8 Å². The topological polar surface area (TPSA) is 63.6 Å². The average Bonchev–Trinajstić information content (AvgIpc) is 2.52. The fourth-order valence-corrected chi connectivity index (χ4v) is 1.55. The van der Waals surface area contributed by atoms with Gasteiger partial charge in [0.25, 0.3) is 0 Å². The van der Waals surface area contributed by atoms with Crippen molar-refractivity contribution in [3.05, 3.63) is 34.7 Å². The molecule has 0 saturated carbocycles. The van der Waals surface area contributed by atoms with Gasteiger partial charge in [0.1, 0.15) is 0 Å². The van der Waals surface area contributed by atoms with Gasteiger partial charge in [-0.25, -0.2) is 9.59 Å². The highest BCUT2D eigenvalue weighted by Gasteiger charge is 2.17. The van der Waals surface area contributed by atoms with Crippen molar-refractivity contribution in [2.75, 3.05) is 0 Å². The predicted molar refractivity (Wildman–Crippen MR) is 46.9 cm³/mol. The van der Waals surface area contributed by atoms with Crippen LogP contribution < -0.4 is 0 Å². The minimum Gasteiger partial charge on any atom is -0.478 e. The van der Waals surface area contributed by atoms with Crippen LogP contribution in [-0.4, -0.2) is 17.0 Å². The van der Waals surface area contributed by atoms with E-state index in [4.69, 9.17) is 5.11 Å². The molecule has 4 nitrogen and oxygen atoms in total. The molecule has 0 aliphatic heterocycles. The van der Waals surface area contributed by atoms with Crippen molar-refractivity contribution in [3.8, 4) is 0 Å². The zero-order chi connectivity index (χ0) is 9.84. The number of esters is 1. The molecule has 1 heterocycles. The van der Waals surface area contributed by atoms with Crippen LogP contribution in [0.5, 0.6) is 0 Å². The number of carboxylic acid groups (broad SMARTS) is 1. The molecule has 0 aliphatic rings. The third kappa shape index (κ3) is 1.94. The minimum absolute atomic E-state index is 0.0446. The zero-order valence-electron chi connectivity index (χ0n) is 6.52. The third-order valence-electron chi connectivity index (χ3n) is 1.30. The maximum Gasteiger partial charge on any atom is 0.344 e. The number of thiophene rings is 1. The fraction of sp³-hybridized carbons (Fsp3) is 0. The van der Waals surface area contributed by atoms with E-state index >= 15 is 0 Å². The van der Waals surface area contributed by atoms with Crippen LogP contribution in [0.3, 0.4) is 0 Å². The first kappa shape index (κ1) is 9.47. The van der Waals surface area contributed by atoms with Gasteiger partial charge in [-0.3, -0.25) is 0 Å². The lowest BCUT2D eigenvalue weighted by molar-refractivity contribution is 0.0634. The smallest absolute Gasteiger partial charge is 0.344 e. The van der Waals surface area contributed by atoms with Crippen molar-refractivity contribution < 1.29 is 19.4 Å². The van der Waals surface area contributed by atoms with Crippen LogP contribution in [0.1, 0.15) is 20.7 Å². The molecular formula is C8H6O4S. The van der Waals surface area contributed by atoms with E-state index in [2.05, 4.69) is 11.3 Å². The number of carbonyl (C=O) groups excluding carboxylic acids is 1. The van der Waals surface area contributed by atoms with Crippen molar-refractivity contribution >= 4 is 23.3 Å². The van der Waals surface area contributed by atoms with Gasteiger partial charge >= 0.3 is 11.9 Å². The van der Waals surface area contributed by atoms with E-state index in [0.717, 1.165) is 17.6 Å². The molecule has 68 valence electrons. The largest absolute Gasteiger partial charge is 0.478 e. The monoisotopic (exact) mass is 198 g/mol. The molecule has 0 saturated heterocycles. The molecule has 13 heavy (non-hydrogen) atoms. The van der Waals surface area contributed by atoms with Crippen LogP contribution in [-0.2, 0) is 4.74 Å². The van der Waals surface area contributed by atoms with Gasteiger partial charge in [-0.15, -0.1) is 0 Å². The third-order valence-corrected chi connectivity index (χ3v) is 2.05. The molecule has 0 fully saturated rings. The first-order valence-corrected chi connectivity index (χ1v) is 4.22. The predicted octanol–water partition coefficient (Wildman–Crippen LogP) is 1.75. The van der Waals surface area contributed by atoms with E-state index < -0.39 is 11.9 Å². The van der Waals surface area contributed by atoms with Gasteiger partial charge in [0.2, 0.25) is 0 Å². The summed E-state index contributed by atoms with van der Waals surface area (Å²) in [7, 11) is 0. The molecular weight excluding hydrogens is 192 g/mol. The normalized spacial score (nSPS) is 9.23. The Labute approximate surface area is 78.1 Å². The van der Waals surface area contributed by atoms with Gasteiger partial charge in [0, 0.05) is 10.8 Å². The molecule has 1 N–H and O–H groups in total. The number of carbonyl (C=O) groups is 2. The Balaban J connectivity index is 3.00. The Morgan fingerprint density at radius 3 is 2.62 bits per heavy atom. The Morgan fingerprint density at radius 2 is 2.08 bits per heavy atom. The summed E-state index contributed by atoms with van der Waals surface area (Å²) < 4.78 is 4.45. The van der Waals surface area contributed by atoms with Crippen molar-refractivity contribution in [1.82, 2.24) is 0 Å². The Bertz CT molecular complexity index is 353. The Kier molecular flexibility index (Phi) is 2.81. The highest BCUT2D eigenvalue weighted by atomic mass is 32.1. The summed E-state index contributed by atoms with van der Waals surface area (Å²) in [6, 6.07) is 0. The highest BCUT2D eigenvalue weighted by molar-refractivity contribution is 7.08. The SMILES string of the molecule is C=COC(=O)c1cscc1C(=O)O. The first-order valence-electron chi connectivity index (χ1n) is 3.28. The van der Waals surface area contributed by atoms with Crippen molar-refractivity contribution in [3.63, 3.8) is 0 Å². The van der Waals surface area contributed by atoms with E-state index in [1.54, 1.807) is 0 Å². The summed E-state index contributed by atoms with van der Waals surface area (Å²) in [6.07, 6.45) is 0.964. The zero-order valence-corrected chi connectivity index (χ0v) is 7.34. The number of rotatable bonds is 3. The molecule has 1 rings (SSSR count). The van der Waals surface area contributed by atoms with Gasteiger partial charge in [-0.1, -0.05) is 6.58 Å². The number of ether oxygens (including phenoxy) is 1. The molecule has 0 atom stereocenters. The van der Waals surface area contributed by atoms with Crippen LogP contribution in [0, 0.1) is 0 Å². The molecule has 0 bridgehead atoms. The second kappa shape index (κ2) is 3.86. The Hall–Kier alpha value is -1.62. The summed E-state index contributed by atoms with van der Waals surface area (Å²) in [5, 5.41) is 11.4. The second-order valence-corrected chi connectivity index (χ2v) is 2.82. The van der Waals surface area contributed by atoms with Gasteiger partial charge in [-0.2, -0.15) is 11.3 Å². The molecule has 0 aromatic carbocycles. The number of carboxylic acids is 1. The Morgan fingerprint density at radius 1 is 1.46 bits per heavy atom. The van der Waals surface area contributed by atoms with Crippen LogP contribution in [0.15, 0.2) is 23.6 Å². The van der Waals surface area contributed by atoms with Gasteiger partial charge in [0.05, 0.1) is 17.4 Å². The van der Waals surface area contributed by atoms with Crippen LogP contribution in [0.25, 0.3) is 0 Å². The maximum atomic E-state index is 11.1. The molecule has 1 aromatic heterocycles. The summed E-state index contributed by atoms with van der Waals surface area (Å²) in [4.78, 5) is 21.6. The lowest BCUT2D eigenvalue weighted by atomic mass is 10.2. The van der Waals surface area contributed by atoms with Crippen molar-refractivity contribution in [2.24, 2.45) is 0 Å². The molecule has 0 amide bonds. The molecule has 5 heteroatoms. The standard InChI is InChI=1S/C8H6O4S/c1-2-12-8(11)6-4-13-3-5(6)7(9)10/h2-4H,1H2,(H,9,10). The summed E-state index contributed by atoms with van der Waals surface area (Å²) in [5.74, 6) is -1.84. The molecule has 1 aromatic rings. The van der Waals surface area contributed by atoms with E-state index in [1.807, 2.05) is 0 Å². The van der Waals surface area contributed by atoms with E-state index in [0.29, 0.717) is 0 Å². The first-order chi connectivity index (χ1) is 6.16. The lowest BCUT2D eigenvalue weighted by Crippen LogP contribution is -2.06. The fourth-order valence-electron chi connectivity index (χ4n) is 0.760. The van der Waals surface area contributed by atoms with E-state index in [-0.39, 0.29) is 11.1 Å². The average molecular weight is 198 g/mol. The maximum absolute atomic E-state index is 11.1. The molecule has 0 unspecified atom stereocenters. The number of hydrogen-bond acceptors (Lipinski definition) is 4. The van der Waals surface area contributed by atoms with Crippen molar-refractivity contribution in [1.29, 1.82) is 0 Å². The van der Waals surface area contributed by atoms with Crippen molar-refractivity contribution in [2.45, 2.75) is 0 Å². The second-order valence-electron chi connectivity index (χ2n) is 2.08. The number of hydrogen-bond donors (Lipinski definition) is 1. The van der Waals surface area contributed by atoms with Gasteiger partial charge in [0.15, 0.2) is 0 Å². The van der Waals surface area contributed by atoms with Crippen LogP contribution >= 0.6 is 11.3 Å². The quantitative estimate of drug-likeness (QED) is 0.593.